The fraction of sp³-hybridized carbons (Fsp3) is 0.143. The van der Waals surface area contributed by atoms with Gasteiger partial charge in [0.1, 0.15) is 0 Å². The Morgan fingerprint density at radius 1 is 1.46 bits per heavy atom. The number of aliphatic carboxylic acids is 1. The number of hydrogen-bond donors (Lipinski definition) is 1. The summed E-state index contributed by atoms with van der Waals surface area (Å²) in [7, 11) is 0. The van der Waals surface area contributed by atoms with E-state index in [1.807, 2.05) is 0 Å². The van der Waals surface area contributed by atoms with E-state index in [1.54, 1.807) is 0 Å². The highest BCUT2D eigenvalue weighted by molar-refractivity contribution is 7.12. The number of Topliss-reactive ketones (excluding diaryl/α,β-unsaturated/α-hetero) is 1. The zero-order chi connectivity index (χ0) is 10.1. The average molecular weight is 206 g/mol. The molecule has 0 aliphatic rings. The van der Waals surface area contributed by atoms with Gasteiger partial charge in [-0.2, -0.15) is 8.78 Å². The molecule has 13 heavy (non-hydrogen) atoms. The third-order valence-electron chi connectivity index (χ3n) is 1.30. The highest BCUT2D eigenvalue weighted by Crippen LogP contribution is 2.23. The van der Waals surface area contributed by atoms with Crippen LogP contribution in [0.3, 0.4) is 0 Å². The monoisotopic (exact) mass is 206 g/mol. The van der Waals surface area contributed by atoms with E-state index in [0.717, 1.165) is 17.4 Å². The van der Waals surface area contributed by atoms with E-state index in [1.165, 1.54) is 11.4 Å². The topological polar surface area (TPSA) is 54.4 Å². The summed E-state index contributed by atoms with van der Waals surface area (Å²) in [5, 5.41) is 9.47. The van der Waals surface area contributed by atoms with Gasteiger partial charge in [-0.25, -0.2) is 4.79 Å². The molecule has 0 spiro atoms. The van der Waals surface area contributed by atoms with Crippen LogP contribution < -0.4 is 0 Å². The van der Waals surface area contributed by atoms with Gasteiger partial charge >= 0.3 is 11.9 Å². The maximum absolute atomic E-state index is 12.6. The number of thiophene rings is 1. The van der Waals surface area contributed by atoms with Crippen LogP contribution in [0.5, 0.6) is 0 Å². The number of carboxylic acids is 1. The Balaban J connectivity index is 2.98. The van der Waals surface area contributed by atoms with Crippen molar-refractivity contribution in [3.05, 3.63) is 22.4 Å². The summed E-state index contributed by atoms with van der Waals surface area (Å²) >= 11 is 0.782. The van der Waals surface area contributed by atoms with Crippen molar-refractivity contribution in [3.63, 3.8) is 0 Å². The fourth-order valence-electron chi connectivity index (χ4n) is 0.660. The van der Waals surface area contributed by atoms with Crippen molar-refractivity contribution in [2.24, 2.45) is 0 Å². The Morgan fingerprint density at radius 2 is 2.08 bits per heavy atom. The van der Waals surface area contributed by atoms with Crippen LogP contribution in [0, 0.1) is 0 Å². The summed E-state index contributed by atoms with van der Waals surface area (Å²) in [6.45, 7) is 0. The van der Waals surface area contributed by atoms with Gasteiger partial charge in [-0.1, -0.05) is 6.07 Å². The van der Waals surface area contributed by atoms with E-state index in [2.05, 4.69) is 0 Å². The van der Waals surface area contributed by atoms with Crippen LogP contribution >= 0.6 is 11.3 Å². The van der Waals surface area contributed by atoms with Gasteiger partial charge in [0.2, 0.25) is 0 Å². The van der Waals surface area contributed by atoms with Gasteiger partial charge < -0.3 is 5.11 Å². The summed E-state index contributed by atoms with van der Waals surface area (Å²) in [4.78, 5) is 20.6. The first-order chi connectivity index (χ1) is 5.96. The summed E-state index contributed by atoms with van der Waals surface area (Å²) in [6, 6.07) is 2.56. The number of halogens is 2. The molecule has 3 nitrogen and oxygen atoms in total. The minimum atomic E-state index is -4.33. The van der Waals surface area contributed by atoms with Crippen molar-refractivity contribution >= 4 is 23.1 Å². The molecule has 1 aromatic rings. The molecular weight excluding hydrogens is 202 g/mol. The second-order valence-corrected chi connectivity index (χ2v) is 3.13. The predicted molar refractivity (Wildman–Crippen MR) is 41.2 cm³/mol. The normalized spacial score (nSPS) is 11.2. The van der Waals surface area contributed by atoms with E-state index in [0.29, 0.717) is 0 Å². The Bertz CT molecular complexity index is 332. The molecule has 1 N–H and O–H groups in total. The minimum absolute atomic E-state index is 0.257. The molecule has 0 unspecified atom stereocenters. The molecular formula is C7H4F2O3S. The molecule has 1 heterocycles. The molecule has 0 aliphatic heterocycles. The van der Waals surface area contributed by atoms with Gasteiger partial charge in [-0.3, -0.25) is 4.79 Å². The van der Waals surface area contributed by atoms with Gasteiger partial charge in [0, 0.05) is 0 Å². The van der Waals surface area contributed by atoms with Gasteiger partial charge in [-0.05, 0) is 11.4 Å². The van der Waals surface area contributed by atoms with Crippen LogP contribution in [0.1, 0.15) is 9.67 Å². The summed E-state index contributed by atoms with van der Waals surface area (Å²) in [5.41, 5.74) is 0. The van der Waals surface area contributed by atoms with Crippen LogP contribution in [0.4, 0.5) is 8.78 Å². The van der Waals surface area contributed by atoms with Crippen LogP contribution in [-0.4, -0.2) is 22.8 Å². The van der Waals surface area contributed by atoms with Crippen LogP contribution in [-0.2, 0) is 4.79 Å². The molecule has 6 heteroatoms. The van der Waals surface area contributed by atoms with Crippen molar-refractivity contribution in [2.45, 2.75) is 5.92 Å². The lowest BCUT2D eigenvalue weighted by Gasteiger charge is -2.07. The number of alkyl halides is 2. The highest BCUT2D eigenvalue weighted by atomic mass is 32.1. The van der Waals surface area contributed by atoms with Crippen molar-refractivity contribution in [2.75, 3.05) is 0 Å². The summed E-state index contributed by atoms with van der Waals surface area (Å²) in [5.74, 6) is -8.42. The molecule has 0 saturated carbocycles. The first kappa shape index (κ1) is 9.79. The first-order valence-electron chi connectivity index (χ1n) is 3.15. The summed E-state index contributed by atoms with van der Waals surface area (Å²) in [6.07, 6.45) is 0. The van der Waals surface area contributed by atoms with Crippen molar-refractivity contribution in [1.29, 1.82) is 0 Å². The Kier molecular flexibility index (Phi) is 2.42. The smallest absolute Gasteiger partial charge is 0.404 e. The van der Waals surface area contributed by atoms with Crippen molar-refractivity contribution < 1.29 is 23.5 Å². The zero-order valence-electron chi connectivity index (χ0n) is 6.16. The lowest BCUT2D eigenvalue weighted by atomic mass is 10.2. The lowest BCUT2D eigenvalue weighted by Crippen LogP contribution is -2.37. The molecule has 0 aromatic carbocycles. The molecule has 0 aliphatic carbocycles. The first-order valence-corrected chi connectivity index (χ1v) is 4.03. The summed E-state index contributed by atoms with van der Waals surface area (Å²) < 4.78 is 25.1. The maximum Gasteiger partial charge on any atom is 0.404 e. The van der Waals surface area contributed by atoms with Gasteiger partial charge in [0.05, 0.1) is 4.88 Å². The van der Waals surface area contributed by atoms with E-state index < -0.39 is 17.7 Å². The average Bonchev–Trinajstić information content (AvgIpc) is 2.54. The second-order valence-electron chi connectivity index (χ2n) is 2.19. The van der Waals surface area contributed by atoms with Crippen molar-refractivity contribution in [3.8, 4) is 0 Å². The van der Waals surface area contributed by atoms with Crippen LogP contribution in [0.25, 0.3) is 0 Å². The molecule has 0 bridgehead atoms. The Morgan fingerprint density at radius 3 is 2.46 bits per heavy atom. The lowest BCUT2D eigenvalue weighted by molar-refractivity contribution is -0.157. The Labute approximate surface area is 75.6 Å². The SMILES string of the molecule is O=C(O)C(F)(F)C(=O)c1cccs1. The van der Waals surface area contributed by atoms with Gasteiger partial charge in [-0.15, -0.1) is 11.3 Å². The van der Waals surface area contributed by atoms with Gasteiger partial charge in [0.25, 0.3) is 5.78 Å². The Hall–Kier alpha value is -1.30. The van der Waals surface area contributed by atoms with Crippen LogP contribution in [0.2, 0.25) is 0 Å². The number of carbonyl (C=O) groups is 2. The predicted octanol–water partition coefficient (Wildman–Crippen LogP) is 1.65. The third kappa shape index (κ3) is 1.72. The fourth-order valence-corrected chi connectivity index (χ4v) is 1.36. The van der Waals surface area contributed by atoms with E-state index in [-0.39, 0.29) is 4.88 Å². The highest BCUT2D eigenvalue weighted by Gasteiger charge is 2.48. The van der Waals surface area contributed by atoms with Crippen molar-refractivity contribution in [1.82, 2.24) is 0 Å². The number of ketones is 1. The molecule has 1 rings (SSSR count). The molecule has 0 radical (unpaired) electrons. The third-order valence-corrected chi connectivity index (χ3v) is 2.17. The van der Waals surface area contributed by atoms with E-state index in [9.17, 15) is 18.4 Å². The van der Waals surface area contributed by atoms with Gasteiger partial charge in [0.15, 0.2) is 0 Å². The number of carbonyl (C=O) groups excluding carboxylic acids is 1. The largest absolute Gasteiger partial charge is 0.476 e. The number of carboxylic acid groups (broad SMARTS) is 1. The standard InChI is InChI=1S/C7H4F2O3S/c8-7(9,6(11)12)5(10)4-2-1-3-13-4/h1-3H,(H,11,12). The van der Waals surface area contributed by atoms with E-state index >= 15 is 0 Å². The molecule has 70 valence electrons. The van der Waals surface area contributed by atoms with E-state index in [4.69, 9.17) is 5.11 Å². The molecule has 0 amide bonds. The minimum Gasteiger partial charge on any atom is -0.476 e. The maximum atomic E-state index is 12.6. The number of hydrogen-bond acceptors (Lipinski definition) is 3. The molecule has 0 saturated heterocycles. The number of rotatable bonds is 3. The molecule has 0 fully saturated rings. The molecule has 0 atom stereocenters. The quantitative estimate of drug-likeness (QED) is 0.604. The van der Waals surface area contributed by atoms with Crippen LogP contribution in [0.15, 0.2) is 17.5 Å². The zero-order valence-corrected chi connectivity index (χ0v) is 6.98. The molecule has 1 aromatic heterocycles. The second kappa shape index (κ2) is 3.21.